The van der Waals surface area contributed by atoms with Gasteiger partial charge in [-0.3, -0.25) is 9.00 Å². The average molecular weight is 371 g/mol. The minimum absolute atomic E-state index is 0.126. The Labute approximate surface area is 157 Å². The van der Waals surface area contributed by atoms with Gasteiger partial charge in [-0.05, 0) is 42.7 Å². The number of benzene rings is 2. The van der Waals surface area contributed by atoms with Gasteiger partial charge in [0.15, 0.2) is 0 Å². The maximum Gasteiger partial charge on any atom is 0.257 e. The van der Waals surface area contributed by atoms with Crippen LogP contribution in [-0.2, 0) is 16.6 Å². The molecule has 1 saturated carbocycles. The zero-order valence-electron chi connectivity index (χ0n) is 15.2. The number of hydrogen-bond acceptors (Lipinski definition) is 3. The largest absolute Gasteiger partial charge is 0.382 e. The zero-order chi connectivity index (χ0) is 18.4. The van der Waals surface area contributed by atoms with Crippen molar-refractivity contribution in [3.8, 4) is 0 Å². The maximum atomic E-state index is 12.8. The van der Waals surface area contributed by atoms with Gasteiger partial charge in [-0.2, -0.15) is 0 Å². The van der Waals surface area contributed by atoms with Crippen molar-refractivity contribution in [3.63, 3.8) is 0 Å². The van der Waals surface area contributed by atoms with E-state index in [4.69, 9.17) is 0 Å². The van der Waals surface area contributed by atoms with Crippen LogP contribution in [0.1, 0.15) is 48.0 Å². The van der Waals surface area contributed by atoms with Crippen LogP contribution in [0, 0.1) is 0 Å². The van der Waals surface area contributed by atoms with Gasteiger partial charge >= 0.3 is 0 Å². The van der Waals surface area contributed by atoms with E-state index < -0.39 is 10.8 Å². The summed E-state index contributed by atoms with van der Waals surface area (Å²) in [6.07, 6.45) is 7.80. The molecule has 4 nitrogen and oxygen atoms in total. The van der Waals surface area contributed by atoms with E-state index in [1.807, 2.05) is 48.5 Å². The molecule has 0 heterocycles. The van der Waals surface area contributed by atoms with Crippen LogP contribution in [0.5, 0.6) is 0 Å². The van der Waals surface area contributed by atoms with E-state index in [-0.39, 0.29) is 5.91 Å². The van der Waals surface area contributed by atoms with Crippen molar-refractivity contribution in [3.05, 3.63) is 59.7 Å². The Balaban J connectivity index is 1.72. The summed E-state index contributed by atoms with van der Waals surface area (Å²) in [6, 6.07) is 15.7. The smallest absolute Gasteiger partial charge is 0.257 e. The van der Waals surface area contributed by atoms with Gasteiger partial charge in [0.2, 0.25) is 0 Å². The number of rotatable bonds is 6. The van der Waals surface area contributed by atoms with E-state index in [0.717, 1.165) is 29.8 Å². The number of para-hydroxylation sites is 1. The normalized spacial score (nSPS) is 16.0. The topological polar surface area (TPSA) is 58.2 Å². The second kappa shape index (κ2) is 8.99. The van der Waals surface area contributed by atoms with Crippen LogP contribution in [0.4, 0.5) is 11.4 Å². The second-order valence-corrected chi connectivity index (χ2v) is 8.33. The van der Waals surface area contributed by atoms with Crippen molar-refractivity contribution in [2.24, 2.45) is 0 Å². The highest BCUT2D eigenvalue weighted by Gasteiger charge is 2.17. The Kier molecular flexibility index (Phi) is 6.45. The van der Waals surface area contributed by atoms with Crippen LogP contribution >= 0.6 is 0 Å². The molecule has 0 aromatic heterocycles. The molecule has 0 spiro atoms. The van der Waals surface area contributed by atoms with Gasteiger partial charge in [-0.1, -0.05) is 43.5 Å². The first kappa shape index (κ1) is 18.6. The summed E-state index contributed by atoms with van der Waals surface area (Å²) in [6.45, 7) is 0. The van der Waals surface area contributed by atoms with Crippen LogP contribution in [0.2, 0.25) is 0 Å². The predicted molar refractivity (Wildman–Crippen MR) is 109 cm³/mol. The third-order valence-electron chi connectivity index (χ3n) is 4.69. The highest BCUT2D eigenvalue weighted by Crippen LogP contribution is 2.24. The van der Waals surface area contributed by atoms with Gasteiger partial charge in [0, 0.05) is 40.2 Å². The fraction of sp³-hybridized carbons (Fsp3) is 0.381. The number of hydrogen-bond donors (Lipinski definition) is 2. The second-order valence-electron chi connectivity index (χ2n) is 6.90. The van der Waals surface area contributed by atoms with Crippen LogP contribution in [0.25, 0.3) is 0 Å². The lowest BCUT2D eigenvalue weighted by molar-refractivity contribution is 0.102. The van der Waals surface area contributed by atoms with E-state index in [1.165, 1.54) is 19.3 Å². The standard InChI is InChI=1S/C21H26N2O2S/c1-26(25)15-16-8-7-11-18(14-16)23-21(24)19-12-5-6-13-20(19)22-17-9-3-2-4-10-17/h5-8,11-14,17,22H,2-4,9-10,15H2,1H3,(H,23,24)/t26-/m0/s1. The van der Waals surface area contributed by atoms with E-state index >= 15 is 0 Å². The van der Waals surface area contributed by atoms with Crippen LogP contribution < -0.4 is 10.6 Å². The fourth-order valence-corrected chi connectivity index (χ4v) is 4.09. The van der Waals surface area contributed by atoms with E-state index in [2.05, 4.69) is 10.6 Å². The third-order valence-corrected chi connectivity index (χ3v) is 5.43. The molecule has 26 heavy (non-hydrogen) atoms. The molecule has 1 aliphatic carbocycles. The number of carbonyl (C=O) groups is 1. The summed E-state index contributed by atoms with van der Waals surface area (Å²) >= 11 is 0. The Morgan fingerprint density at radius 2 is 1.85 bits per heavy atom. The van der Waals surface area contributed by atoms with Crippen molar-refractivity contribution in [1.82, 2.24) is 0 Å². The lowest BCUT2D eigenvalue weighted by Gasteiger charge is -2.25. The summed E-state index contributed by atoms with van der Waals surface area (Å²) in [7, 11) is -0.904. The van der Waals surface area contributed by atoms with E-state index in [9.17, 15) is 9.00 Å². The number of amides is 1. The van der Waals surface area contributed by atoms with Crippen molar-refractivity contribution in [2.75, 3.05) is 16.9 Å². The molecule has 2 aromatic carbocycles. The molecule has 5 heteroatoms. The van der Waals surface area contributed by atoms with Gasteiger partial charge in [0.05, 0.1) is 5.56 Å². The van der Waals surface area contributed by atoms with E-state index in [1.54, 1.807) is 6.26 Å². The molecule has 1 amide bonds. The van der Waals surface area contributed by atoms with Crippen LogP contribution in [-0.4, -0.2) is 22.4 Å². The van der Waals surface area contributed by atoms with Crippen molar-refractivity contribution >= 4 is 28.1 Å². The third kappa shape index (κ3) is 5.18. The molecule has 0 radical (unpaired) electrons. The van der Waals surface area contributed by atoms with Gasteiger partial charge in [0.25, 0.3) is 5.91 Å². The predicted octanol–water partition coefficient (Wildman–Crippen LogP) is 4.56. The number of carbonyl (C=O) groups excluding carboxylic acids is 1. The highest BCUT2D eigenvalue weighted by atomic mass is 32.2. The molecule has 138 valence electrons. The molecule has 1 aliphatic rings. The average Bonchev–Trinajstić information content (AvgIpc) is 2.63. The van der Waals surface area contributed by atoms with Gasteiger partial charge in [-0.25, -0.2) is 0 Å². The van der Waals surface area contributed by atoms with Gasteiger partial charge in [0.1, 0.15) is 0 Å². The first-order valence-corrected chi connectivity index (χ1v) is 10.9. The molecule has 0 aliphatic heterocycles. The molecule has 0 unspecified atom stereocenters. The van der Waals surface area contributed by atoms with Crippen LogP contribution in [0.3, 0.4) is 0 Å². The summed E-state index contributed by atoms with van der Waals surface area (Å²) in [5.74, 6) is 0.363. The summed E-state index contributed by atoms with van der Waals surface area (Å²) < 4.78 is 11.4. The SMILES string of the molecule is C[S@](=O)Cc1cccc(NC(=O)c2ccccc2NC2CCCCC2)c1. The minimum atomic E-state index is -0.904. The number of anilines is 2. The molecule has 0 saturated heterocycles. The van der Waals surface area contributed by atoms with Crippen molar-refractivity contribution in [1.29, 1.82) is 0 Å². The Morgan fingerprint density at radius 3 is 2.62 bits per heavy atom. The van der Waals surface area contributed by atoms with E-state index in [0.29, 0.717) is 17.4 Å². The first-order chi connectivity index (χ1) is 12.6. The highest BCUT2D eigenvalue weighted by molar-refractivity contribution is 7.83. The van der Waals surface area contributed by atoms with Gasteiger partial charge in [-0.15, -0.1) is 0 Å². The molecule has 3 rings (SSSR count). The lowest BCUT2D eigenvalue weighted by atomic mass is 9.95. The molecule has 2 aromatic rings. The Morgan fingerprint density at radius 1 is 1.08 bits per heavy atom. The fourth-order valence-electron chi connectivity index (χ4n) is 3.45. The van der Waals surface area contributed by atoms with Crippen molar-refractivity contribution < 1.29 is 9.00 Å². The summed E-state index contributed by atoms with van der Waals surface area (Å²) in [5, 5.41) is 6.52. The minimum Gasteiger partial charge on any atom is -0.382 e. The Hall–Kier alpha value is -2.14. The molecule has 1 fully saturated rings. The molecule has 0 bridgehead atoms. The lowest BCUT2D eigenvalue weighted by Crippen LogP contribution is -2.24. The first-order valence-electron chi connectivity index (χ1n) is 9.18. The molecule has 2 N–H and O–H groups in total. The Bertz CT molecular complexity index is 785. The quantitative estimate of drug-likeness (QED) is 0.783. The zero-order valence-corrected chi connectivity index (χ0v) is 16.0. The van der Waals surface area contributed by atoms with Crippen LogP contribution in [0.15, 0.2) is 48.5 Å². The summed E-state index contributed by atoms with van der Waals surface area (Å²) in [5.41, 5.74) is 3.23. The van der Waals surface area contributed by atoms with Gasteiger partial charge < -0.3 is 10.6 Å². The number of nitrogens with one attached hydrogen (secondary N) is 2. The maximum absolute atomic E-state index is 12.8. The van der Waals surface area contributed by atoms with Crippen molar-refractivity contribution in [2.45, 2.75) is 43.9 Å². The molecular weight excluding hydrogens is 344 g/mol. The monoisotopic (exact) mass is 370 g/mol. The molecule has 1 atom stereocenters. The summed E-state index contributed by atoms with van der Waals surface area (Å²) in [4.78, 5) is 12.8. The molecular formula is C21H26N2O2S.